The topological polar surface area (TPSA) is 50.1 Å². The zero-order valence-electron chi connectivity index (χ0n) is 22.0. The molecule has 0 saturated heterocycles. The molecule has 0 bridgehead atoms. The highest BCUT2D eigenvalue weighted by Gasteiger charge is 2.26. The van der Waals surface area contributed by atoms with Crippen molar-refractivity contribution in [2.75, 3.05) is 0 Å². The van der Waals surface area contributed by atoms with Crippen LogP contribution in [0.2, 0.25) is 0 Å². The highest BCUT2D eigenvalue weighted by Crippen LogP contribution is 2.40. The largest absolute Gasteiger partial charge is 0.422 e. The summed E-state index contributed by atoms with van der Waals surface area (Å²) in [5.41, 5.74) is 3.40. The third-order valence-corrected chi connectivity index (χ3v) is 7.89. The summed E-state index contributed by atoms with van der Waals surface area (Å²) in [5.74, 6) is 2.22. The quantitative estimate of drug-likeness (QED) is 0.175. The Kier molecular flexibility index (Phi) is 10.9. The van der Waals surface area contributed by atoms with Crippen LogP contribution in [0.4, 0.5) is 0 Å². The average molecular weight is 474 g/mol. The van der Waals surface area contributed by atoms with E-state index in [4.69, 9.17) is 4.74 Å². The second-order valence-electron chi connectivity index (χ2n) is 10.5. The number of unbranched alkanes of at least 4 members (excludes halogenated alkanes) is 4. The molecule has 0 amide bonds. The maximum Gasteiger partial charge on any atom is 0.343 e. The lowest BCUT2D eigenvalue weighted by Crippen LogP contribution is -2.19. The van der Waals surface area contributed by atoms with E-state index in [0.717, 1.165) is 30.2 Å². The van der Waals surface area contributed by atoms with Crippen LogP contribution in [0.3, 0.4) is 0 Å². The first-order valence-corrected chi connectivity index (χ1v) is 13.9. The van der Waals surface area contributed by atoms with Crippen LogP contribution in [0, 0.1) is 23.2 Å². The van der Waals surface area contributed by atoms with Gasteiger partial charge in [-0.2, -0.15) is 5.26 Å². The molecule has 188 valence electrons. The van der Waals surface area contributed by atoms with Crippen LogP contribution < -0.4 is 4.74 Å². The number of carbonyl (C=O) groups is 1. The third-order valence-electron chi connectivity index (χ3n) is 7.89. The summed E-state index contributed by atoms with van der Waals surface area (Å²) in [6, 6.07) is 15.7. The lowest BCUT2D eigenvalue weighted by Gasteiger charge is -2.32. The minimum absolute atomic E-state index is 0.342. The Morgan fingerprint density at radius 1 is 0.971 bits per heavy atom. The van der Waals surface area contributed by atoms with E-state index in [1.54, 1.807) is 6.07 Å². The third kappa shape index (κ3) is 7.96. The number of hydrogen-bond acceptors (Lipinski definition) is 3. The van der Waals surface area contributed by atoms with E-state index < -0.39 is 5.97 Å². The lowest BCUT2D eigenvalue weighted by atomic mass is 9.73. The molecule has 1 unspecified atom stereocenters. The predicted molar refractivity (Wildman–Crippen MR) is 144 cm³/mol. The van der Waals surface area contributed by atoms with Gasteiger partial charge >= 0.3 is 5.97 Å². The molecule has 0 heterocycles. The van der Waals surface area contributed by atoms with Crippen LogP contribution in [0.1, 0.15) is 124 Å². The Bertz CT molecular complexity index is 964. The molecule has 3 rings (SSSR count). The van der Waals surface area contributed by atoms with Crippen molar-refractivity contribution in [3.8, 4) is 11.8 Å². The minimum Gasteiger partial charge on any atom is -0.422 e. The molecule has 0 spiro atoms. The number of esters is 1. The van der Waals surface area contributed by atoms with Crippen LogP contribution in [-0.2, 0) is 6.42 Å². The van der Waals surface area contributed by atoms with E-state index in [2.05, 4.69) is 39.0 Å². The van der Waals surface area contributed by atoms with Gasteiger partial charge in [-0.25, -0.2) is 4.79 Å². The van der Waals surface area contributed by atoms with Crippen molar-refractivity contribution in [2.45, 2.75) is 104 Å². The van der Waals surface area contributed by atoms with Crippen LogP contribution in [0.25, 0.3) is 0 Å². The zero-order valence-corrected chi connectivity index (χ0v) is 22.0. The zero-order chi connectivity index (χ0) is 25.0. The molecule has 3 nitrogen and oxygen atoms in total. The van der Waals surface area contributed by atoms with Crippen molar-refractivity contribution in [3.63, 3.8) is 0 Å². The number of rotatable bonds is 12. The standard InChI is InChI=1S/C32H43NO2/c1-4-6-8-9-11-25-12-21-31(30(22-25)23-33)35-32(34)29-19-17-28(18-20-29)27-15-13-26(14-16-27)24(3)10-7-5-2/h12,17-22,24,26-27H,4-11,13-16H2,1-3H3. The van der Waals surface area contributed by atoms with Crippen LogP contribution in [0.5, 0.6) is 5.75 Å². The Morgan fingerprint density at radius 3 is 2.34 bits per heavy atom. The summed E-state index contributed by atoms with van der Waals surface area (Å²) in [7, 11) is 0. The van der Waals surface area contributed by atoms with Gasteiger partial charge in [0.05, 0.1) is 11.1 Å². The Balaban J connectivity index is 1.54. The Hall–Kier alpha value is -2.60. The normalized spacial score (nSPS) is 18.6. The van der Waals surface area contributed by atoms with Gasteiger partial charge in [-0.05, 0) is 91.7 Å². The number of aryl methyl sites for hydroxylation is 1. The molecular formula is C32H43NO2. The number of nitrogens with zero attached hydrogens (tertiary/aromatic N) is 1. The van der Waals surface area contributed by atoms with Crippen molar-refractivity contribution >= 4 is 5.97 Å². The number of hydrogen-bond donors (Lipinski definition) is 0. The summed E-state index contributed by atoms with van der Waals surface area (Å²) in [6.07, 6.45) is 14.8. The van der Waals surface area contributed by atoms with Crippen LogP contribution >= 0.6 is 0 Å². The van der Waals surface area contributed by atoms with E-state index >= 15 is 0 Å². The lowest BCUT2D eigenvalue weighted by molar-refractivity contribution is 0.0734. The maximum atomic E-state index is 12.8. The van der Waals surface area contributed by atoms with Crippen molar-refractivity contribution in [1.29, 1.82) is 5.26 Å². The molecule has 1 saturated carbocycles. The first-order chi connectivity index (χ1) is 17.0. The Labute approximate surface area is 212 Å². The first-order valence-electron chi connectivity index (χ1n) is 13.9. The molecule has 0 N–H and O–H groups in total. The van der Waals surface area contributed by atoms with Gasteiger partial charge < -0.3 is 4.74 Å². The number of ether oxygens (including phenoxy) is 1. The van der Waals surface area contributed by atoms with Gasteiger partial charge in [-0.1, -0.05) is 77.5 Å². The second-order valence-corrected chi connectivity index (χ2v) is 10.5. The highest BCUT2D eigenvalue weighted by atomic mass is 16.5. The molecule has 1 aliphatic rings. The van der Waals surface area contributed by atoms with Gasteiger partial charge in [0.2, 0.25) is 0 Å². The molecule has 0 aliphatic heterocycles. The molecule has 1 atom stereocenters. The number of benzene rings is 2. The monoisotopic (exact) mass is 473 g/mol. The number of nitriles is 1. The van der Waals surface area contributed by atoms with Crippen molar-refractivity contribution in [2.24, 2.45) is 11.8 Å². The maximum absolute atomic E-state index is 12.8. The highest BCUT2D eigenvalue weighted by molar-refractivity contribution is 5.91. The van der Waals surface area contributed by atoms with Crippen molar-refractivity contribution in [1.82, 2.24) is 0 Å². The molecule has 2 aromatic carbocycles. The van der Waals surface area contributed by atoms with Crippen molar-refractivity contribution in [3.05, 3.63) is 64.7 Å². The summed E-state index contributed by atoms with van der Waals surface area (Å²) >= 11 is 0. The molecular weight excluding hydrogens is 430 g/mol. The fourth-order valence-electron chi connectivity index (χ4n) is 5.50. The molecule has 3 heteroatoms. The summed E-state index contributed by atoms with van der Waals surface area (Å²) in [6.45, 7) is 6.91. The van der Waals surface area contributed by atoms with Crippen LogP contribution in [-0.4, -0.2) is 5.97 Å². The van der Waals surface area contributed by atoms with Gasteiger partial charge in [0.25, 0.3) is 0 Å². The predicted octanol–water partition coefficient (Wildman–Crippen LogP) is 9.00. The van der Waals surface area contributed by atoms with Gasteiger partial charge in [-0.15, -0.1) is 0 Å². The van der Waals surface area contributed by atoms with E-state index in [9.17, 15) is 10.1 Å². The number of carbonyl (C=O) groups excluding carboxylic acids is 1. The Morgan fingerprint density at radius 2 is 1.69 bits per heavy atom. The molecule has 0 radical (unpaired) electrons. The first kappa shape index (κ1) is 27.0. The molecule has 2 aromatic rings. The summed E-state index contributed by atoms with van der Waals surface area (Å²) < 4.78 is 5.62. The molecule has 1 aliphatic carbocycles. The van der Waals surface area contributed by atoms with Gasteiger partial charge in [0.15, 0.2) is 0 Å². The molecule has 0 aromatic heterocycles. The fraction of sp³-hybridized carbons (Fsp3) is 0.562. The van der Waals surface area contributed by atoms with E-state index in [1.165, 1.54) is 69.8 Å². The molecule has 35 heavy (non-hydrogen) atoms. The van der Waals surface area contributed by atoms with E-state index in [1.807, 2.05) is 24.3 Å². The minimum atomic E-state index is -0.405. The summed E-state index contributed by atoms with van der Waals surface area (Å²) in [4.78, 5) is 12.8. The average Bonchev–Trinajstić information content (AvgIpc) is 2.90. The van der Waals surface area contributed by atoms with E-state index in [-0.39, 0.29) is 0 Å². The van der Waals surface area contributed by atoms with Crippen molar-refractivity contribution < 1.29 is 9.53 Å². The fourth-order valence-corrected chi connectivity index (χ4v) is 5.50. The van der Waals surface area contributed by atoms with Gasteiger partial charge in [-0.3, -0.25) is 0 Å². The SMILES string of the molecule is CCCCCCc1ccc(OC(=O)c2ccc(C3CCC(C(C)CCCC)CC3)cc2)c(C#N)c1. The van der Waals surface area contributed by atoms with Gasteiger partial charge in [0.1, 0.15) is 11.8 Å². The smallest absolute Gasteiger partial charge is 0.343 e. The van der Waals surface area contributed by atoms with Crippen LogP contribution in [0.15, 0.2) is 42.5 Å². The second kappa shape index (κ2) is 14.1. The summed E-state index contributed by atoms with van der Waals surface area (Å²) in [5, 5.41) is 9.57. The van der Waals surface area contributed by atoms with E-state index in [0.29, 0.717) is 22.8 Å². The molecule has 1 fully saturated rings. The van der Waals surface area contributed by atoms with Gasteiger partial charge in [0, 0.05) is 0 Å².